The monoisotopic (exact) mass is 802 g/mol. The first-order chi connectivity index (χ1) is 31.1. The summed E-state index contributed by atoms with van der Waals surface area (Å²) in [5, 5.41) is 10.0. The second-order valence-electron chi connectivity index (χ2n) is 17.6. The molecule has 1 aliphatic carbocycles. The molecule has 2 aromatic heterocycles. The lowest BCUT2D eigenvalue weighted by atomic mass is 9.81. The first-order valence-corrected chi connectivity index (χ1v) is 22.0. The predicted octanol–water partition coefficient (Wildman–Crippen LogP) is 16.3. The lowest BCUT2D eigenvalue weighted by molar-refractivity contribution is 0.660. The minimum atomic E-state index is -0.166. The molecule has 12 aromatic rings. The second-order valence-corrected chi connectivity index (χ2v) is 17.6. The van der Waals surface area contributed by atoms with Crippen LogP contribution in [0.5, 0.6) is 0 Å². The summed E-state index contributed by atoms with van der Waals surface area (Å²) in [5.41, 5.74) is 17.0. The zero-order valence-corrected chi connectivity index (χ0v) is 35.2. The minimum absolute atomic E-state index is 0.166. The summed E-state index contributed by atoms with van der Waals surface area (Å²) in [6.07, 6.45) is 0. The average molecular weight is 803 g/mol. The SMILES string of the molecule is CC1(C)c2ccccc2-c2ccc(-c3c(-c4c(-c5ccccc5)n(-c5ccccc5)c5ccccc45)c4ccccc4n3-c3ccc4c5ccccc5c5ccccc5c4c3)cc21. The molecule has 63 heavy (non-hydrogen) atoms. The van der Waals surface area contributed by atoms with E-state index in [1.165, 1.54) is 110 Å². The number of hydrogen-bond donors (Lipinski definition) is 0. The van der Waals surface area contributed by atoms with Gasteiger partial charge in [0.2, 0.25) is 0 Å². The van der Waals surface area contributed by atoms with E-state index in [9.17, 15) is 0 Å². The summed E-state index contributed by atoms with van der Waals surface area (Å²) < 4.78 is 5.04. The van der Waals surface area contributed by atoms with Crippen molar-refractivity contribution in [2.24, 2.45) is 0 Å². The molecule has 0 amide bonds. The van der Waals surface area contributed by atoms with Crippen molar-refractivity contribution in [3.05, 3.63) is 230 Å². The molecular formula is C61H42N2. The summed E-state index contributed by atoms with van der Waals surface area (Å²) in [5.74, 6) is 0. The molecular weight excluding hydrogens is 761 g/mol. The van der Waals surface area contributed by atoms with Gasteiger partial charge in [0.1, 0.15) is 0 Å². The number of rotatable bonds is 5. The fraction of sp³-hybridized carbons (Fsp3) is 0.0492. The van der Waals surface area contributed by atoms with Crippen molar-refractivity contribution in [3.8, 4) is 56.1 Å². The first kappa shape index (κ1) is 35.8. The Hall–Kier alpha value is -7.94. The molecule has 0 aliphatic heterocycles. The third-order valence-corrected chi connectivity index (χ3v) is 13.9. The molecule has 2 nitrogen and oxygen atoms in total. The normalized spacial score (nSPS) is 13.0. The second kappa shape index (κ2) is 13.5. The van der Waals surface area contributed by atoms with Crippen LogP contribution in [0.15, 0.2) is 218 Å². The molecule has 0 spiro atoms. The van der Waals surface area contributed by atoms with E-state index in [1.54, 1.807) is 0 Å². The van der Waals surface area contributed by atoms with Crippen molar-refractivity contribution < 1.29 is 0 Å². The van der Waals surface area contributed by atoms with Gasteiger partial charge in [0.05, 0.1) is 22.4 Å². The Morgan fingerprint density at radius 2 is 0.762 bits per heavy atom. The van der Waals surface area contributed by atoms with Crippen molar-refractivity contribution in [2.75, 3.05) is 0 Å². The zero-order valence-electron chi connectivity index (χ0n) is 35.2. The number of fused-ring (bicyclic) bond motifs is 11. The van der Waals surface area contributed by atoms with Crippen LogP contribution in [0.3, 0.4) is 0 Å². The number of hydrogen-bond acceptors (Lipinski definition) is 0. The van der Waals surface area contributed by atoms with Gasteiger partial charge < -0.3 is 9.13 Å². The maximum absolute atomic E-state index is 2.56. The maximum atomic E-state index is 2.56. The van der Waals surface area contributed by atoms with Crippen LogP contribution < -0.4 is 0 Å². The molecule has 2 heteroatoms. The molecule has 0 radical (unpaired) electrons. The molecule has 0 N–H and O–H groups in total. The summed E-state index contributed by atoms with van der Waals surface area (Å²) in [7, 11) is 0. The van der Waals surface area contributed by atoms with Gasteiger partial charge in [0.25, 0.3) is 0 Å². The van der Waals surface area contributed by atoms with Gasteiger partial charge in [-0.2, -0.15) is 0 Å². The van der Waals surface area contributed by atoms with E-state index in [0.717, 1.165) is 11.4 Å². The van der Waals surface area contributed by atoms with E-state index in [-0.39, 0.29) is 5.41 Å². The van der Waals surface area contributed by atoms with Gasteiger partial charge in [0.15, 0.2) is 0 Å². The van der Waals surface area contributed by atoms with Gasteiger partial charge in [-0.1, -0.05) is 190 Å². The average Bonchev–Trinajstić information content (AvgIpc) is 3.95. The smallest absolute Gasteiger partial charge is 0.0620 e. The molecule has 0 atom stereocenters. The molecule has 0 saturated heterocycles. The third-order valence-electron chi connectivity index (χ3n) is 13.9. The van der Waals surface area contributed by atoms with Crippen molar-refractivity contribution in [3.63, 3.8) is 0 Å². The standard InChI is InChI=1S/C61H42N2/c1-61(2)53-30-16-13-27-48(53)49-35-33-40(37-54(49)61)60-58(57-50-28-14-17-31-55(50)62(41-21-7-4-8-22-41)59(57)39-19-5-3-6-20-39)51-29-15-18-32-56(51)63(60)42-34-36-47-45-25-10-9-23-43(45)44-24-11-12-26-46(44)52(47)38-42/h3-38H,1-2H3. The molecule has 10 aromatic carbocycles. The van der Waals surface area contributed by atoms with Crippen LogP contribution in [0.4, 0.5) is 0 Å². The van der Waals surface area contributed by atoms with Crippen LogP contribution >= 0.6 is 0 Å². The predicted molar refractivity (Wildman–Crippen MR) is 266 cm³/mol. The summed E-state index contributed by atoms with van der Waals surface area (Å²) in [6.45, 7) is 4.77. The van der Waals surface area contributed by atoms with Crippen LogP contribution in [-0.4, -0.2) is 9.13 Å². The minimum Gasteiger partial charge on any atom is -0.309 e. The molecule has 0 saturated carbocycles. The summed E-state index contributed by atoms with van der Waals surface area (Å²) in [4.78, 5) is 0. The van der Waals surface area contributed by atoms with Gasteiger partial charge in [0, 0.05) is 38.7 Å². The van der Waals surface area contributed by atoms with Gasteiger partial charge in [-0.25, -0.2) is 0 Å². The lowest BCUT2D eigenvalue weighted by Gasteiger charge is -2.23. The van der Waals surface area contributed by atoms with E-state index in [0.29, 0.717) is 0 Å². The Balaban J connectivity index is 1.21. The van der Waals surface area contributed by atoms with E-state index in [2.05, 4.69) is 241 Å². The molecule has 296 valence electrons. The molecule has 13 rings (SSSR count). The van der Waals surface area contributed by atoms with Crippen LogP contribution in [0.2, 0.25) is 0 Å². The van der Waals surface area contributed by atoms with Crippen LogP contribution in [0.25, 0.3) is 110 Å². The lowest BCUT2D eigenvalue weighted by Crippen LogP contribution is -2.15. The van der Waals surface area contributed by atoms with E-state index >= 15 is 0 Å². The van der Waals surface area contributed by atoms with Crippen LogP contribution in [0, 0.1) is 0 Å². The summed E-state index contributed by atoms with van der Waals surface area (Å²) >= 11 is 0. The van der Waals surface area contributed by atoms with Gasteiger partial charge in [-0.15, -0.1) is 0 Å². The van der Waals surface area contributed by atoms with Crippen molar-refractivity contribution in [1.29, 1.82) is 0 Å². The largest absolute Gasteiger partial charge is 0.309 e. The molecule has 0 unspecified atom stereocenters. The van der Waals surface area contributed by atoms with Crippen LogP contribution in [-0.2, 0) is 5.41 Å². The number of aromatic nitrogens is 2. The van der Waals surface area contributed by atoms with Gasteiger partial charge in [-0.3, -0.25) is 0 Å². The van der Waals surface area contributed by atoms with Crippen molar-refractivity contribution >= 4 is 54.1 Å². The molecule has 0 bridgehead atoms. The highest BCUT2D eigenvalue weighted by Gasteiger charge is 2.36. The highest BCUT2D eigenvalue weighted by molar-refractivity contribution is 6.26. The van der Waals surface area contributed by atoms with E-state index < -0.39 is 0 Å². The Labute approximate surface area is 366 Å². The topological polar surface area (TPSA) is 9.86 Å². The Morgan fingerprint density at radius 1 is 0.302 bits per heavy atom. The number of nitrogens with zero attached hydrogens (tertiary/aromatic N) is 2. The van der Waals surface area contributed by atoms with E-state index in [1.807, 2.05) is 0 Å². The zero-order chi connectivity index (χ0) is 41.8. The fourth-order valence-electron chi connectivity index (χ4n) is 11.1. The highest BCUT2D eigenvalue weighted by Crippen LogP contribution is 2.54. The van der Waals surface area contributed by atoms with Crippen LogP contribution in [0.1, 0.15) is 25.0 Å². The van der Waals surface area contributed by atoms with Gasteiger partial charge in [-0.05, 0) is 108 Å². The Kier molecular flexibility index (Phi) is 7.68. The van der Waals surface area contributed by atoms with Gasteiger partial charge >= 0.3 is 0 Å². The fourth-order valence-corrected chi connectivity index (χ4v) is 11.1. The third kappa shape index (κ3) is 5.13. The highest BCUT2D eigenvalue weighted by atomic mass is 15.0. The molecule has 1 aliphatic rings. The Bertz CT molecular complexity index is 3770. The quantitative estimate of drug-likeness (QED) is 0.153. The molecule has 0 fully saturated rings. The Morgan fingerprint density at radius 3 is 1.40 bits per heavy atom. The first-order valence-electron chi connectivity index (χ1n) is 22.0. The van der Waals surface area contributed by atoms with E-state index in [4.69, 9.17) is 0 Å². The van der Waals surface area contributed by atoms with Crippen molar-refractivity contribution in [1.82, 2.24) is 9.13 Å². The summed E-state index contributed by atoms with van der Waals surface area (Å²) in [6, 6.07) is 81.0. The maximum Gasteiger partial charge on any atom is 0.0620 e. The number of benzene rings is 10. The van der Waals surface area contributed by atoms with Crippen molar-refractivity contribution in [2.45, 2.75) is 19.3 Å². The molecule has 2 heterocycles. The number of para-hydroxylation sites is 3.